The summed E-state index contributed by atoms with van der Waals surface area (Å²) in [5.74, 6) is -0.200. The first-order valence-corrected chi connectivity index (χ1v) is 11.8. The normalized spacial score (nSPS) is 10.9. The van der Waals surface area contributed by atoms with Crippen molar-refractivity contribution < 1.29 is 13.9 Å². The van der Waals surface area contributed by atoms with Gasteiger partial charge in [-0.15, -0.1) is 11.3 Å². The molecule has 5 nitrogen and oxygen atoms in total. The number of hydrogen-bond donors (Lipinski definition) is 2. The quantitative estimate of drug-likeness (QED) is 0.264. The molecule has 8 heteroatoms. The number of rotatable bonds is 5. The van der Waals surface area contributed by atoms with Crippen LogP contribution in [-0.4, -0.2) is 18.0 Å². The molecule has 0 bridgehead atoms. The Labute approximate surface area is 210 Å². The molecule has 1 amide bonds. The van der Waals surface area contributed by atoms with Crippen molar-refractivity contribution in [1.29, 1.82) is 0 Å². The topological polar surface area (TPSA) is 77.2 Å². The van der Waals surface area contributed by atoms with Gasteiger partial charge in [0.15, 0.2) is 0 Å². The number of amides is 1. The number of pyridine rings is 1. The Kier molecular flexibility index (Phi) is 6.11. The summed E-state index contributed by atoms with van der Waals surface area (Å²) in [5, 5.41) is 3.51. The summed E-state index contributed by atoms with van der Waals surface area (Å²) in [6.07, 6.45) is 0. The number of nitrogens with zero attached hydrogens (tertiary/aromatic N) is 1. The Morgan fingerprint density at radius 3 is 2.46 bits per heavy atom. The monoisotopic (exact) mass is 503 g/mol. The molecule has 5 rings (SSSR count). The second-order valence-electron chi connectivity index (χ2n) is 7.75. The Morgan fingerprint density at radius 1 is 1.03 bits per heavy atom. The third kappa shape index (κ3) is 4.43. The molecule has 0 radical (unpaired) electrons. The van der Waals surface area contributed by atoms with Crippen molar-refractivity contribution in [2.75, 3.05) is 18.2 Å². The SMILES string of the molecule is COc1ccc(-c2cc(-c3ccccc3)nc3sc(C(=O)Nc4ccc(F)cc4Cl)c(N)c23)cc1. The fourth-order valence-corrected chi connectivity index (χ4v) is 5.04. The molecule has 0 unspecified atom stereocenters. The van der Waals surface area contributed by atoms with Gasteiger partial charge < -0.3 is 15.8 Å². The van der Waals surface area contributed by atoms with E-state index in [2.05, 4.69) is 5.32 Å². The van der Waals surface area contributed by atoms with E-state index in [-0.39, 0.29) is 5.02 Å². The van der Waals surface area contributed by atoms with Crippen LogP contribution in [0.5, 0.6) is 5.75 Å². The number of ether oxygens (including phenoxy) is 1. The van der Waals surface area contributed by atoms with Gasteiger partial charge in [-0.05, 0) is 47.5 Å². The summed E-state index contributed by atoms with van der Waals surface area (Å²) in [4.78, 5) is 18.9. The molecule has 3 N–H and O–H groups in total. The van der Waals surface area contributed by atoms with Gasteiger partial charge >= 0.3 is 0 Å². The molecule has 0 fully saturated rings. The zero-order valence-electron chi connectivity index (χ0n) is 18.5. The number of nitrogens with two attached hydrogens (primary N) is 1. The molecule has 0 aliphatic heterocycles. The van der Waals surface area contributed by atoms with E-state index < -0.39 is 11.7 Å². The van der Waals surface area contributed by atoms with Crippen LogP contribution in [0.2, 0.25) is 5.02 Å². The summed E-state index contributed by atoms with van der Waals surface area (Å²) in [6.45, 7) is 0. The molecule has 2 heterocycles. The fraction of sp³-hybridized carbons (Fsp3) is 0.0370. The molecule has 0 saturated carbocycles. The van der Waals surface area contributed by atoms with Crippen molar-refractivity contribution in [2.24, 2.45) is 0 Å². The number of halogens is 2. The fourth-order valence-electron chi connectivity index (χ4n) is 3.81. The Morgan fingerprint density at radius 2 is 1.77 bits per heavy atom. The molecule has 0 aliphatic rings. The van der Waals surface area contributed by atoms with Crippen LogP contribution < -0.4 is 15.8 Å². The van der Waals surface area contributed by atoms with E-state index in [1.165, 1.54) is 23.5 Å². The van der Waals surface area contributed by atoms with Crippen molar-refractivity contribution in [2.45, 2.75) is 0 Å². The summed E-state index contributed by atoms with van der Waals surface area (Å²) < 4.78 is 18.7. The van der Waals surface area contributed by atoms with E-state index in [9.17, 15) is 9.18 Å². The van der Waals surface area contributed by atoms with Gasteiger partial charge in [-0.3, -0.25) is 4.79 Å². The third-order valence-electron chi connectivity index (χ3n) is 5.56. The Balaban J connectivity index is 1.66. The van der Waals surface area contributed by atoms with E-state index in [1.807, 2.05) is 60.7 Å². The van der Waals surface area contributed by atoms with E-state index >= 15 is 0 Å². The molecule has 174 valence electrons. The highest BCUT2D eigenvalue weighted by molar-refractivity contribution is 7.21. The number of fused-ring (bicyclic) bond motifs is 1. The zero-order chi connectivity index (χ0) is 24.5. The molecular formula is C27H19ClFN3O2S. The van der Waals surface area contributed by atoms with Gasteiger partial charge in [0, 0.05) is 10.9 Å². The molecule has 0 aliphatic carbocycles. The largest absolute Gasteiger partial charge is 0.497 e. The molecule has 35 heavy (non-hydrogen) atoms. The molecule has 0 spiro atoms. The minimum Gasteiger partial charge on any atom is -0.497 e. The maximum absolute atomic E-state index is 13.4. The van der Waals surface area contributed by atoms with Gasteiger partial charge in [0.05, 0.1) is 29.2 Å². The highest BCUT2D eigenvalue weighted by Crippen LogP contribution is 2.42. The Hall–Kier alpha value is -3.94. The summed E-state index contributed by atoms with van der Waals surface area (Å²) in [7, 11) is 1.61. The minimum atomic E-state index is -0.490. The number of benzene rings is 3. The van der Waals surface area contributed by atoms with Crippen LogP contribution in [0, 0.1) is 5.82 Å². The smallest absolute Gasteiger partial charge is 0.267 e. The molecule has 5 aromatic rings. The van der Waals surface area contributed by atoms with Gasteiger partial charge in [0.2, 0.25) is 0 Å². The Bertz CT molecular complexity index is 1550. The van der Waals surface area contributed by atoms with E-state index in [1.54, 1.807) is 7.11 Å². The first-order valence-electron chi connectivity index (χ1n) is 10.6. The highest BCUT2D eigenvalue weighted by Gasteiger charge is 2.22. The number of anilines is 2. The predicted molar refractivity (Wildman–Crippen MR) is 141 cm³/mol. The van der Waals surface area contributed by atoms with Crippen LogP contribution in [0.1, 0.15) is 9.67 Å². The second kappa shape index (κ2) is 9.37. The molecular weight excluding hydrogens is 485 g/mol. The lowest BCUT2D eigenvalue weighted by molar-refractivity contribution is 0.103. The number of carbonyl (C=O) groups is 1. The van der Waals surface area contributed by atoms with Gasteiger partial charge in [0.1, 0.15) is 21.3 Å². The maximum Gasteiger partial charge on any atom is 0.267 e. The van der Waals surface area contributed by atoms with Crippen LogP contribution >= 0.6 is 22.9 Å². The number of carbonyl (C=O) groups excluding carboxylic acids is 1. The number of hydrogen-bond acceptors (Lipinski definition) is 5. The van der Waals surface area contributed by atoms with E-state index in [4.69, 9.17) is 27.1 Å². The van der Waals surface area contributed by atoms with Crippen LogP contribution in [0.15, 0.2) is 78.9 Å². The lowest BCUT2D eigenvalue weighted by Gasteiger charge is -2.10. The third-order valence-corrected chi connectivity index (χ3v) is 6.97. The lowest BCUT2D eigenvalue weighted by Crippen LogP contribution is -2.12. The zero-order valence-corrected chi connectivity index (χ0v) is 20.1. The first kappa shape index (κ1) is 22.8. The number of aromatic nitrogens is 1. The van der Waals surface area contributed by atoms with Crippen molar-refractivity contribution in [1.82, 2.24) is 4.98 Å². The van der Waals surface area contributed by atoms with Gasteiger partial charge in [-0.1, -0.05) is 54.1 Å². The number of thiophene rings is 1. The average molecular weight is 504 g/mol. The minimum absolute atomic E-state index is 0.0986. The van der Waals surface area contributed by atoms with Gasteiger partial charge in [0.25, 0.3) is 5.91 Å². The van der Waals surface area contributed by atoms with Crippen molar-refractivity contribution >= 4 is 50.4 Å². The van der Waals surface area contributed by atoms with Crippen molar-refractivity contribution in [3.63, 3.8) is 0 Å². The summed E-state index contributed by atoms with van der Waals surface area (Å²) in [6, 6.07) is 23.2. The lowest BCUT2D eigenvalue weighted by atomic mass is 9.99. The van der Waals surface area contributed by atoms with E-state index in [0.717, 1.165) is 34.2 Å². The number of nitrogen functional groups attached to an aromatic ring is 1. The number of methoxy groups -OCH3 is 1. The standard InChI is InChI=1S/C27H19ClFN3O2S/c1-34-18-10-7-15(8-11-18)19-14-22(16-5-3-2-4-6-16)32-27-23(19)24(30)25(35-27)26(33)31-21-12-9-17(29)13-20(21)28/h2-14H,30H2,1H3,(H,31,33). The number of nitrogens with one attached hydrogen (secondary N) is 1. The second-order valence-corrected chi connectivity index (χ2v) is 9.16. The average Bonchev–Trinajstić information content (AvgIpc) is 3.22. The first-order chi connectivity index (χ1) is 16.9. The van der Waals surface area contributed by atoms with Crippen LogP contribution in [-0.2, 0) is 0 Å². The van der Waals surface area contributed by atoms with Crippen molar-refractivity contribution in [3.05, 3.63) is 94.6 Å². The van der Waals surface area contributed by atoms with E-state index in [0.29, 0.717) is 26.5 Å². The molecule has 3 aromatic carbocycles. The molecule has 0 saturated heterocycles. The predicted octanol–water partition coefficient (Wildman–Crippen LogP) is 7.27. The summed E-state index contributed by atoms with van der Waals surface area (Å²) in [5.41, 5.74) is 10.6. The maximum atomic E-state index is 13.4. The van der Waals surface area contributed by atoms with Crippen molar-refractivity contribution in [3.8, 4) is 28.1 Å². The van der Waals surface area contributed by atoms with Crippen LogP contribution in [0.3, 0.4) is 0 Å². The molecule has 2 aromatic heterocycles. The van der Waals surface area contributed by atoms with Gasteiger partial charge in [-0.25, -0.2) is 9.37 Å². The summed E-state index contributed by atoms with van der Waals surface area (Å²) >= 11 is 7.29. The highest BCUT2D eigenvalue weighted by atomic mass is 35.5. The molecule has 0 atom stereocenters. The van der Waals surface area contributed by atoms with Gasteiger partial charge in [-0.2, -0.15) is 0 Å². The van der Waals surface area contributed by atoms with Crippen LogP contribution in [0.4, 0.5) is 15.8 Å². The van der Waals surface area contributed by atoms with Crippen LogP contribution in [0.25, 0.3) is 32.6 Å².